The van der Waals surface area contributed by atoms with Crippen molar-refractivity contribution in [3.63, 3.8) is 0 Å². The SMILES string of the molecule is Nc1coccocc1N. The van der Waals surface area contributed by atoms with Gasteiger partial charge in [0.15, 0.2) is 0 Å². The molecule has 0 amide bonds. The van der Waals surface area contributed by atoms with Crippen molar-refractivity contribution in [3.8, 4) is 0 Å². The summed E-state index contributed by atoms with van der Waals surface area (Å²) < 4.78 is 9.49. The second-order valence-electron chi connectivity index (χ2n) is 1.69. The molecule has 10 heavy (non-hydrogen) atoms. The molecule has 1 aromatic heterocycles. The van der Waals surface area contributed by atoms with Crippen molar-refractivity contribution in [1.29, 1.82) is 0 Å². The molecule has 4 N–H and O–H groups in total. The third kappa shape index (κ3) is 1.45. The van der Waals surface area contributed by atoms with Crippen LogP contribution in [-0.2, 0) is 0 Å². The normalized spacial score (nSPS) is 8.80. The van der Waals surface area contributed by atoms with Crippen LogP contribution in [0.3, 0.4) is 0 Å². The van der Waals surface area contributed by atoms with Gasteiger partial charge in [-0.15, -0.1) is 0 Å². The lowest BCUT2D eigenvalue weighted by atomic mass is 10.4. The lowest BCUT2D eigenvalue weighted by Gasteiger charge is -1.91. The molecule has 0 radical (unpaired) electrons. The van der Waals surface area contributed by atoms with Gasteiger partial charge in [-0.05, 0) is 0 Å². The van der Waals surface area contributed by atoms with Crippen LogP contribution in [0.25, 0.3) is 0 Å². The van der Waals surface area contributed by atoms with E-state index >= 15 is 0 Å². The van der Waals surface area contributed by atoms with E-state index in [4.69, 9.17) is 20.3 Å². The monoisotopic (exact) mass is 140 g/mol. The summed E-state index contributed by atoms with van der Waals surface area (Å²) in [5.41, 5.74) is 11.5. The first-order valence-electron chi connectivity index (χ1n) is 2.68. The summed E-state index contributed by atoms with van der Waals surface area (Å²) in [7, 11) is 0. The smallest absolute Gasteiger partial charge is 0.125 e. The maximum atomic E-state index is 5.38. The van der Waals surface area contributed by atoms with Crippen LogP contribution in [0.15, 0.2) is 33.9 Å². The number of rotatable bonds is 0. The number of hydrogen-bond donors (Lipinski definition) is 2. The van der Waals surface area contributed by atoms with Gasteiger partial charge in [0.2, 0.25) is 0 Å². The minimum Gasteiger partial charge on any atom is -0.467 e. The molecule has 1 heterocycles. The summed E-state index contributed by atoms with van der Waals surface area (Å²) in [4.78, 5) is 0. The van der Waals surface area contributed by atoms with Crippen LogP contribution in [0.4, 0.5) is 11.4 Å². The van der Waals surface area contributed by atoms with Crippen LogP contribution < -0.4 is 11.5 Å². The van der Waals surface area contributed by atoms with Gasteiger partial charge in [-0.1, -0.05) is 0 Å². The van der Waals surface area contributed by atoms with Gasteiger partial charge in [0.05, 0.1) is 11.4 Å². The fourth-order valence-corrected chi connectivity index (χ4v) is 0.425. The Morgan fingerprint density at radius 1 is 0.900 bits per heavy atom. The molecule has 4 heteroatoms. The molecule has 0 atom stereocenters. The van der Waals surface area contributed by atoms with Crippen molar-refractivity contribution in [1.82, 2.24) is 0 Å². The average molecular weight is 140 g/mol. The highest BCUT2D eigenvalue weighted by atomic mass is 16.4. The fraction of sp³-hybridized carbons (Fsp3) is 0. The zero-order valence-corrected chi connectivity index (χ0v) is 5.28. The maximum absolute atomic E-state index is 5.38. The Morgan fingerprint density at radius 2 is 1.30 bits per heavy atom. The lowest BCUT2D eigenvalue weighted by molar-refractivity contribution is 0.494. The summed E-state index contributed by atoms with van der Waals surface area (Å²) in [6.07, 6.45) is 5.39. The Kier molecular flexibility index (Phi) is 1.84. The Bertz CT molecular complexity index is 224. The van der Waals surface area contributed by atoms with E-state index < -0.39 is 0 Å². The van der Waals surface area contributed by atoms with Crippen LogP contribution in [0, 0.1) is 0 Å². The summed E-state index contributed by atoms with van der Waals surface area (Å²) in [5.74, 6) is 0. The van der Waals surface area contributed by atoms with E-state index in [1.165, 1.54) is 25.1 Å². The molecule has 0 aromatic carbocycles. The number of nitrogen functional groups attached to an aromatic ring is 2. The highest BCUT2D eigenvalue weighted by Gasteiger charge is 1.86. The quantitative estimate of drug-likeness (QED) is 0.566. The molecule has 1 aromatic rings. The van der Waals surface area contributed by atoms with Gasteiger partial charge >= 0.3 is 0 Å². The topological polar surface area (TPSA) is 78.3 Å². The Hall–Kier alpha value is -1.58. The van der Waals surface area contributed by atoms with Crippen LogP contribution in [-0.4, -0.2) is 0 Å². The van der Waals surface area contributed by atoms with Crippen molar-refractivity contribution in [2.24, 2.45) is 0 Å². The van der Waals surface area contributed by atoms with E-state index in [1.807, 2.05) is 0 Å². The Morgan fingerprint density at radius 3 is 1.70 bits per heavy atom. The van der Waals surface area contributed by atoms with Crippen molar-refractivity contribution < 1.29 is 8.83 Å². The number of hydrogen-bond acceptors (Lipinski definition) is 4. The molecule has 54 valence electrons. The van der Waals surface area contributed by atoms with Crippen molar-refractivity contribution in [2.75, 3.05) is 11.5 Å². The molecule has 0 saturated carbocycles. The summed E-state index contributed by atoms with van der Waals surface area (Å²) in [6, 6.07) is 0. The van der Waals surface area contributed by atoms with E-state index in [9.17, 15) is 0 Å². The highest BCUT2D eigenvalue weighted by molar-refractivity contribution is 5.57. The first-order valence-corrected chi connectivity index (χ1v) is 2.68. The van der Waals surface area contributed by atoms with Gasteiger partial charge < -0.3 is 20.3 Å². The van der Waals surface area contributed by atoms with Gasteiger partial charge in [0.25, 0.3) is 0 Å². The summed E-state index contributed by atoms with van der Waals surface area (Å²) in [6.45, 7) is 0. The van der Waals surface area contributed by atoms with E-state index in [-0.39, 0.29) is 0 Å². The van der Waals surface area contributed by atoms with Crippen LogP contribution in [0.5, 0.6) is 0 Å². The van der Waals surface area contributed by atoms with Gasteiger partial charge in [0, 0.05) is 0 Å². The summed E-state index contributed by atoms with van der Waals surface area (Å²) in [5, 5.41) is 0. The average Bonchev–Trinajstić information content (AvgIpc) is 1.92. The summed E-state index contributed by atoms with van der Waals surface area (Å²) >= 11 is 0. The second-order valence-corrected chi connectivity index (χ2v) is 1.69. The van der Waals surface area contributed by atoms with Crippen molar-refractivity contribution in [2.45, 2.75) is 0 Å². The molecule has 4 nitrogen and oxygen atoms in total. The second kappa shape index (κ2) is 2.82. The van der Waals surface area contributed by atoms with E-state index in [2.05, 4.69) is 0 Å². The zero-order valence-electron chi connectivity index (χ0n) is 5.28. The van der Waals surface area contributed by atoms with Crippen molar-refractivity contribution >= 4 is 11.4 Å². The van der Waals surface area contributed by atoms with E-state index in [0.29, 0.717) is 11.4 Å². The van der Waals surface area contributed by atoms with Gasteiger partial charge in [-0.2, -0.15) is 0 Å². The molecule has 0 saturated heterocycles. The van der Waals surface area contributed by atoms with Crippen LogP contribution in [0.1, 0.15) is 0 Å². The lowest BCUT2D eigenvalue weighted by Crippen LogP contribution is -1.90. The van der Waals surface area contributed by atoms with Crippen LogP contribution >= 0.6 is 0 Å². The molecule has 0 bridgehead atoms. The molecule has 0 spiro atoms. The minimum absolute atomic E-state index is 0.351. The minimum atomic E-state index is 0.351. The zero-order chi connectivity index (χ0) is 7.40. The Labute approximate surface area is 57.7 Å². The third-order valence-electron chi connectivity index (χ3n) is 0.936. The molecule has 1 rings (SSSR count). The predicted octanol–water partition coefficient (Wildman–Crippen LogP) is 1.16. The standard InChI is InChI=1S/C6H8N2O2/c7-5-3-9-1-2-10-4-6(5)8/h1-4H,7-8H2. The maximum Gasteiger partial charge on any atom is 0.125 e. The van der Waals surface area contributed by atoms with Crippen molar-refractivity contribution in [3.05, 3.63) is 25.1 Å². The predicted molar refractivity (Wildman–Crippen MR) is 37.4 cm³/mol. The highest BCUT2D eigenvalue weighted by Crippen LogP contribution is 2.08. The molecule has 0 fully saturated rings. The van der Waals surface area contributed by atoms with Crippen LogP contribution in [0.2, 0.25) is 0 Å². The third-order valence-corrected chi connectivity index (χ3v) is 0.936. The molecule has 0 aliphatic carbocycles. The molecular formula is C6H8N2O2. The van der Waals surface area contributed by atoms with Gasteiger partial charge in [-0.25, -0.2) is 0 Å². The largest absolute Gasteiger partial charge is 0.467 e. The first-order chi connectivity index (χ1) is 4.80. The molecule has 0 aliphatic rings. The molecule has 0 aliphatic heterocycles. The number of anilines is 2. The first kappa shape index (κ1) is 6.54. The molecule has 0 unspecified atom stereocenters. The number of nitrogens with two attached hydrogens (primary N) is 2. The fourth-order valence-electron chi connectivity index (χ4n) is 0.425. The molecular weight excluding hydrogens is 132 g/mol. The van der Waals surface area contributed by atoms with Gasteiger partial charge in [-0.3, -0.25) is 0 Å². The Balaban J connectivity index is 3.22. The van der Waals surface area contributed by atoms with Gasteiger partial charge in [0.1, 0.15) is 25.1 Å². The van der Waals surface area contributed by atoms with E-state index in [1.54, 1.807) is 0 Å². The van der Waals surface area contributed by atoms with E-state index in [0.717, 1.165) is 0 Å².